The number of phenolic OH excluding ortho intramolecular Hbond substituents is 1. The van der Waals surface area contributed by atoms with E-state index < -0.39 is 12.1 Å². The molecule has 2 N–H and O–H groups in total. The highest BCUT2D eigenvalue weighted by Crippen LogP contribution is 2.39. The second-order valence-corrected chi connectivity index (χ2v) is 5.48. The molecule has 116 valence electrons. The van der Waals surface area contributed by atoms with Gasteiger partial charge in [0.25, 0.3) is 0 Å². The van der Waals surface area contributed by atoms with E-state index in [2.05, 4.69) is 5.32 Å². The molecule has 1 aliphatic carbocycles. The lowest BCUT2D eigenvalue weighted by atomic mass is 9.81. The molecule has 0 atom stereocenters. The molecule has 0 radical (unpaired) electrons. The van der Waals surface area contributed by atoms with Gasteiger partial charge in [0.1, 0.15) is 5.75 Å². The van der Waals surface area contributed by atoms with Crippen LogP contribution in [-0.4, -0.2) is 17.2 Å². The molecule has 1 fully saturated rings. The number of phenols is 1. The summed E-state index contributed by atoms with van der Waals surface area (Å²) in [6.45, 7) is 0.270. The molecule has 1 aromatic rings. The SMILES string of the molecule is O=C(NCc1cccc(O)c1)C1CCC(C(F)(F)F)CC1. The molecule has 2 rings (SSSR count). The molecule has 21 heavy (non-hydrogen) atoms. The maximum Gasteiger partial charge on any atom is 0.391 e. The van der Waals surface area contributed by atoms with Crippen molar-refractivity contribution in [3.05, 3.63) is 29.8 Å². The summed E-state index contributed by atoms with van der Waals surface area (Å²) in [5.41, 5.74) is 0.757. The minimum Gasteiger partial charge on any atom is -0.508 e. The van der Waals surface area contributed by atoms with E-state index in [1.54, 1.807) is 18.2 Å². The normalized spacial score (nSPS) is 22.8. The van der Waals surface area contributed by atoms with Gasteiger partial charge >= 0.3 is 6.18 Å². The summed E-state index contributed by atoms with van der Waals surface area (Å²) >= 11 is 0. The summed E-state index contributed by atoms with van der Waals surface area (Å²) in [7, 11) is 0. The van der Waals surface area contributed by atoms with Crippen LogP contribution in [0.2, 0.25) is 0 Å². The van der Waals surface area contributed by atoms with Gasteiger partial charge in [-0.25, -0.2) is 0 Å². The van der Waals surface area contributed by atoms with E-state index in [0.717, 1.165) is 5.56 Å². The number of carbonyl (C=O) groups is 1. The van der Waals surface area contributed by atoms with Crippen LogP contribution in [0.4, 0.5) is 13.2 Å². The maximum absolute atomic E-state index is 12.6. The fourth-order valence-corrected chi connectivity index (χ4v) is 2.68. The van der Waals surface area contributed by atoms with Crippen LogP contribution in [0, 0.1) is 11.8 Å². The van der Waals surface area contributed by atoms with E-state index in [1.807, 2.05) is 0 Å². The van der Waals surface area contributed by atoms with E-state index in [1.165, 1.54) is 6.07 Å². The third-order valence-electron chi connectivity index (χ3n) is 3.94. The predicted molar refractivity (Wildman–Crippen MR) is 71.5 cm³/mol. The van der Waals surface area contributed by atoms with Gasteiger partial charge in [0.2, 0.25) is 5.91 Å². The van der Waals surface area contributed by atoms with E-state index >= 15 is 0 Å². The Morgan fingerprint density at radius 3 is 2.48 bits per heavy atom. The first-order chi connectivity index (χ1) is 9.86. The van der Waals surface area contributed by atoms with Crippen LogP contribution < -0.4 is 5.32 Å². The van der Waals surface area contributed by atoms with Gasteiger partial charge in [-0.2, -0.15) is 13.2 Å². The van der Waals surface area contributed by atoms with Crippen molar-refractivity contribution in [1.82, 2.24) is 5.32 Å². The average Bonchev–Trinajstić information content (AvgIpc) is 2.44. The molecule has 0 heterocycles. The van der Waals surface area contributed by atoms with Gasteiger partial charge in [0.15, 0.2) is 0 Å². The highest BCUT2D eigenvalue weighted by molar-refractivity contribution is 5.78. The van der Waals surface area contributed by atoms with Crippen molar-refractivity contribution in [2.75, 3.05) is 0 Å². The summed E-state index contributed by atoms with van der Waals surface area (Å²) in [6, 6.07) is 6.51. The van der Waals surface area contributed by atoms with Crippen LogP contribution in [0.5, 0.6) is 5.75 Å². The van der Waals surface area contributed by atoms with Gasteiger partial charge in [0.05, 0.1) is 5.92 Å². The largest absolute Gasteiger partial charge is 0.508 e. The standard InChI is InChI=1S/C15H18F3NO2/c16-15(17,18)12-6-4-11(5-7-12)14(21)19-9-10-2-1-3-13(20)8-10/h1-3,8,11-12,20H,4-7,9H2,(H,19,21). The van der Waals surface area contributed by atoms with Crippen LogP contribution in [-0.2, 0) is 11.3 Å². The van der Waals surface area contributed by atoms with Crippen molar-refractivity contribution in [2.45, 2.75) is 38.4 Å². The summed E-state index contributed by atoms with van der Waals surface area (Å²) in [4.78, 5) is 12.0. The number of hydrogen-bond donors (Lipinski definition) is 2. The molecule has 1 saturated carbocycles. The van der Waals surface area contributed by atoms with Gasteiger partial charge < -0.3 is 10.4 Å². The summed E-state index contributed by atoms with van der Waals surface area (Å²) in [6.07, 6.45) is -3.56. The van der Waals surface area contributed by atoms with Crippen molar-refractivity contribution in [3.63, 3.8) is 0 Å². The lowest BCUT2D eigenvalue weighted by molar-refractivity contribution is -0.184. The van der Waals surface area contributed by atoms with E-state index in [0.29, 0.717) is 0 Å². The Kier molecular flexibility index (Phi) is 4.75. The predicted octanol–water partition coefficient (Wildman–Crippen LogP) is 3.38. The van der Waals surface area contributed by atoms with Gasteiger partial charge in [-0.3, -0.25) is 4.79 Å². The van der Waals surface area contributed by atoms with Crippen molar-refractivity contribution < 1.29 is 23.1 Å². The molecule has 1 amide bonds. The van der Waals surface area contributed by atoms with Crippen LogP contribution in [0.1, 0.15) is 31.2 Å². The third-order valence-corrected chi connectivity index (χ3v) is 3.94. The first kappa shape index (κ1) is 15.7. The quantitative estimate of drug-likeness (QED) is 0.899. The molecule has 6 heteroatoms. The first-order valence-electron chi connectivity index (χ1n) is 6.98. The van der Waals surface area contributed by atoms with Crippen LogP contribution in [0.25, 0.3) is 0 Å². The molecule has 0 spiro atoms. The minimum absolute atomic E-state index is 0.0215. The molecule has 0 saturated heterocycles. The fourth-order valence-electron chi connectivity index (χ4n) is 2.68. The maximum atomic E-state index is 12.6. The average molecular weight is 301 g/mol. The highest BCUT2D eigenvalue weighted by atomic mass is 19.4. The molecular formula is C15H18F3NO2. The summed E-state index contributed by atoms with van der Waals surface area (Å²) in [5.74, 6) is -1.71. The van der Waals surface area contributed by atoms with Crippen molar-refractivity contribution in [3.8, 4) is 5.75 Å². The Morgan fingerprint density at radius 2 is 1.90 bits per heavy atom. The highest BCUT2D eigenvalue weighted by Gasteiger charge is 2.42. The topological polar surface area (TPSA) is 49.3 Å². The van der Waals surface area contributed by atoms with Crippen molar-refractivity contribution in [2.24, 2.45) is 11.8 Å². The lowest BCUT2D eigenvalue weighted by Crippen LogP contribution is -2.35. The van der Waals surface area contributed by atoms with Crippen LogP contribution in [0.15, 0.2) is 24.3 Å². The second-order valence-electron chi connectivity index (χ2n) is 5.48. The zero-order chi connectivity index (χ0) is 15.5. The monoisotopic (exact) mass is 301 g/mol. The Hall–Kier alpha value is -1.72. The van der Waals surface area contributed by atoms with Gasteiger partial charge in [0, 0.05) is 12.5 Å². The Bertz CT molecular complexity index is 494. The Balaban J connectivity index is 1.80. The minimum atomic E-state index is -4.15. The summed E-state index contributed by atoms with van der Waals surface area (Å²) < 4.78 is 37.7. The molecule has 1 aromatic carbocycles. The number of nitrogens with one attached hydrogen (secondary N) is 1. The van der Waals surface area contributed by atoms with E-state index in [4.69, 9.17) is 0 Å². The zero-order valence-corrected chi connectivity index (χ0v) is 11.5. The number of hydrogen-bond acceptors (Lipinski definition) is 2. The van der Waals surface area contributed by atoms with E-state index in [-0.39, 0.29) is 49.8 Å². The number of alkyl halides is 3. The lowest BCUT2D eigenvalue weighted by Gasteiger charge is -2.29. The molecular weight excluding hydrogens is 283 g/mol. The number of aromatic hydroxyl groups is 1. The molecule has 3 nitrogen and oxygen atoms in total. The number of amides is 1. The molecule has 0 bridgehead atoms. The molecule has 0 unspecified atom stereocenters. The van der Waals surface area contributed by atoms with Crippen molar-refractivity contribution >= 4 is 5.91 Å². The third kappa shape index (κ3) is 4.37. The summed E-state index contributed by atoms with van der Waals surface area (Å²) in [5, 5.41) is 12.0. The fraction of sp³-hybridized carbons (Fsp3) is 0.533. The van der Waals surface area contributed by atoms with Gasteiger partial charge in [-0.15, -0.1) is 0 Å². The molecule has 1 aliphatic rings. The Morgan fingerprint density at radius 1 is 1.24 bits per heavy atom. The van der Waals surface area contributed by atoms with Crippen LogP contribution in [0.3, 0.4) is 0 Å². The van der Waals surface area contributed by atoms with Crippen LogP contribution >= 0.6 is 0 Å². The number of halogens is 3. The molecule has 0 aromatic heterocycles. The van der Waals surface area contributed by atoms with Gasteiger partial charge in [-0.05, 0) is 43.4 Å². The number of carbonyl (C=O) groups excluding carboxylic acids is 1. The van der Waals surface area contributed by atoms with Crippen molar-refractivity contribution in [1.29, 1.82) is 0 Å². The first-order valence-corrected chi connectivity index (χ1v) is 6.98. The van der Waals surface area contributed by atoms with E-state index in [9.17, 15) is 23.1 Å². The number of benzene rings is 1. The Labute approximate surface area is 121 Å². The van der Waals surface area contributed by atoms with Gasteiger partial charge in [-0.1, -0.05) is 12.1 Å². The smallest absolute Gasteiger partial charge is 0.391 e. The molecule has 0 aliphatic heterocycles. The zero-order valence-electron chi connectivity index (χ0n) is 11.5. The number of rotatable bonds is 3. The second kappa shape index (κ2) is 6.37.